The standard InChI is InChI=1S/C12H18N4O2/c1-14-12(17)10-8-18-5-4-16(10)7-9-2-3-11(13)15-6-9/h2-3,6,10H,4-5,7-8H2,1H3,(H2,13,15)(H,14,17). The van der Waals surface area contributed by atoms with Gasteiger partial charge in [-0.2, -0.15) is 0 Å². The van der Waals surface area contributed by atoms with Crippen molar-refractivity contribution >= 4 is 11.7 Å². The van der Waals surface area contributed by atoms with E-state index in [1.165, 1.54) is 0 Å². The van der Waals surface area contributed by atoms with Crippen molar-refractivity contribution in [3.63, 3.8) is 0 Å². The molecule has 0 aromatic carbocycles. The number of hydrogen-bond donors (Lipinski definition) is 2. The summed E-state index contributed by atoms with van der Waals surface area (Å²) in [4.78, 5) is 17.9. The zero-order chi connectivity index (χ0) is 13.0. The fraction of sp³-hybridized carbons (Fsp3) is 0.500. The largest absolute Gasteiger partial charge is 0.384 e. The van der Waals surface area contributed by atoms with Gasteiger partial charge in [-0.15, -0.1) is 0 Å². The molecule has 6 nitrogen and oxygen atoms in total. The van der Waals surface area contributed by atoms with Gasteiger partial charge in [-0.1, -0.05) is 6.07 Å². The van der Waals surface area contributed by atoms with Crippen molar-refractivity contribution in [2.24, 2.45) is 0 Å². The summed E-state index contributed by atoms with van der Waals surface area (Å²) in [5.74, 6) is 0.488. The summed E-state index contributed by atoms with van der Waals surface area (Å²) >= 11 is 0. The van der Waals surface area contributed by atoms with E-state index in [1.54, 1.807) is 19.3 Å². The molecule has 1 unspecified atom stereocenters. The van der Waals surface area contributed by atoms with Gasteiger partial charge in [0.05, 0.1) is 13.2 Å². The number of carbonyl (C=O) groups is 1. The van der Waals surface area contributed by atoms with Crippen molar-refractivity contribution < 1.29 is 9.53 Å². The van der Waals surface area contributed by atoms with Crippen LogP contribution < -0.4 is 11.1 Å². The summed E-state index contributed by atoms with van der Waals surface area (Å²) in [6.07, 6.45) is 1.74. The second kappa shape index (κ2) is 5.79. The number of nitrogens with two attached hydrogens (primary N) is 1. The van der Waals surface area contributed by atoms with Gasteiger partial charge in [0.2, 0.25) is 5.91 Å². The summed E-state index contributed by atoms with van der Waals surface area (Å²) in [5.41, 5.74) is 6.59. The summed E-state index contributed by atoms with van der Waals surface area (Å²) in [6, 6.07) is 3.46. The predicted molar refractivity (Wildman–Crippen MR) is 67.7 cm³/mol. The van der Waals surface area contributed by atoms with E-state index in [4.69, 9.17) is 10.5 Å². The third-order valence-electron chi connectivity index (χ3n) is 3.02. The maximum absolute atomic E-state index is 11.8. The number of morpholine rings is 1. The van der Waals surface area contributed by atoms with Crippen LogP contribution in [0.3, 0.4) is 0 Å². The average molecular weight is 250 g/mol. The molecule has 1 aromatic heterocycles. The topological polar surface area (TPSA) is 80.5 Å². The number of anilines is 1. The minimum absolute atomic E-state index is 0.0156. The summed E-state index contributed by atoms with van der Waals surface area (Å²) in [5, 5.41) is 2.66. The molecule has 1 amide bonds. The monoisotopic (exact) mass is 250 g/mol. The molecule has 1 aromatic rings. The van der Waals surface area contributed by atoms with E-state index in [1.807, 2.05) is 6.07 Å². The fourth-order valence-corrected chi connectivity index (χ4v) is 2.00. The Kier molecular flexibility index (Phi) is 4.11. The van der Waals surface area contributed by atoms with Gasteiger partial charge in [0.1, 0.15) is 11.9 Å². The Morgan fingerprint density at radius 3 is 3.17 bits per heavy atom. The highest BCUT2D eigenvalue weighted by atomic mass is 16.5. The molecular formula is C12H18N4O2. The van der Waals surface area contributed by atoms with Gasteiger partial charge < -0.3 is 15.8 Å². The summed E-state index contributed by atoms with van der Waals surface area (Å²) in [6.45, 7) is 2.50. The van der Waals surface area contributed by atoms with Crippen molar-refractivity contribution in [2.45, 2.75) is 12.6 Å². The number of rotatable bonds is 3. The third kappa shape index (κ3) is 2.96. The number of aromatic nitrogens is 1. The SMILES string of the molecule is CNC(=O)C1COCCN1Cc1ccc(N)nc1. The lowest BCUT2D eigenvalue weighted by Crippen LogP contribution is -2.52. The number of likely N-dealkylation sites (N-methyl/N-ethyl adjacent to an activating group) is 1. The molecule has 18 heavy (non-hydrogen) atoms. The van der Waals surface area contributed by atoms with Crippen molar-refractivity contribution in [2.75, 3.05) is 32.5 Å². The van der Waals surface area contributed by atoms with Crippen LogP contribution in [0.25, 0.3) is 0 Å². The van der Waals surface area contributed by atoms with Gasteiger partial charge in [0.15, 0.2) is 0 Å². The number of hydrogen-bond acceptors (Lipinski definition) is 5. The van der Waals surface area contributed by atoms with Gasteiger partial charge >= 0.3 is 0 Å². The normalized spacial score (nSPS) is 20.6. The highest BCUT2D eigenvalue weighted by Gasteiger charge is 2.28. The van der Waals surface area contributed by atoms with Gasteiger partial charge in [-0.05, 0) is 11.6 Å². The van der Waals surface area contributed by atoms with Gasteiger partial charge in [-0.3, -0.25) is 9.69 Å². The van der Waals surface area contributed by atoms with Crippen LogP contribution in [0.1, 0.15) is 5.56 Å². The Hall–Kier alpha value is -1.66. The number of carbonyl (C=O) groups excluding carboxylic acids is 1. The Labute approximate surface area is 106 Å². The van der Waals surface area contributed by atoms with Crippen LogP contribution in [0, 0.1) is 0 Å². The van der Waals surface area contributed by atoms with Gasteiger partial charge in [0.25, 0.3) is 0 Å². The van der Waals surface area contributed by atoms with Crippen LogP contribution in [-0.4, -0.2) is 48.6 Å². The first-order chi connectivity index (χ1) is 8.70. The van der Waals surface area contributed by atoms with Crippen molar-refractivity contribution in [3.8, 4) is 0 Å². The molecule has 1 aliphatic rings. The van der Waals surface area contributed by atoms with Gasteiger partial charge in [-0.25, -0.2) is 4.98 Å². The number of nitrogen functional groups attached to an aromatic ring is 1. The number of nitrogens with one attached hydrogen (secondary N) is 1. The van der Waals surface area contributed by atoms with Crippen LogP contribution in [0.4, 0.5) is 5.82 Å². The Balaban J connectivity index is 2.05. The molecule has 6 heteroatoms. The molecule has 2 rings (SSSR count). The zero-order valence-electron chi connectivity index (χ0n) is 10.4. The number of amides is 1. The lowest BCUT2D eigenvalue weighted by Gasteiger charge is -2.34. The molecule has 1 aliphatic heterocycles. The first kappa shape index (κ1) is 12.8. The molecular weight excluding hydrogens is 232 g/mol. The fourth-order valence-electron chi connectivity index (χ4n) is 2.00. The molecule has 1 fully saturated rings. The van der Waals surface area contributed by atoms with Crippen LogP contribution in [0.5, 0.6) is 0 Å². The first-order valence-corrected chi connectivity index (χ1v) is 5.94. The molecule has 0 spiro atoms. The third-order valence-corrected chi connectivity index (χ3v) is 3.02. The van der Waals surface area contributed by atoms with Crippen LogP contribution in [0.15, 0.2) is 18.3 Å². The second-order valence-electron chi connectivity index (χ2n) is 4.27. The minimum atomic E-state index is -0.235. The average Bonchev–Trinajstić information content (AvgIpc) is 2.41. The molecule has 3 N–H and O–H groups in total. The van der Waals surface area contributed by atoms with Crippen LogP contribution in [-0.2, 0) is 16.1 Å². The van der Waals surface area contributed by atoms with E-state index in [2.05, 4.69) is 15.2 Å². The van der Waals surface area contributed by atoms with Crippen molar-refractivity contribution in [1.82, 2.24) is 15.2 Å². The number of pyridine rings is 1. The smallest absolute Gasteiger partial charge is 0.239 e. The lowest BCUT2D eigenvalue weighted by molar-refractivity contribution is -0.132. The second-order valence-corrected chi connectivity index (χ2v) is 4.27. The Morgan fingerprint density at radius 2 is 2.50 bits per heavy atom. The van der Waals surface area contributed by atoms with Crippen molar-refractivity contribution in [1.29, 1.82) is 0 Å². The lowest BCUT2D eigenvalue weighted by atomic mass is 10.1. The zero-order valence-corrected chi connectivity index (χ0v) is 10.4. The first-order valence-electron chi connectivity index (χ1n) is 5.94. The Morgan fingerprint density at radius 1 is 1.67 bits per heavy atom. The summed E-state index contributed by atoms with van der Waals surface area (Å²) < 4.78 is 5.35. The maximum atomic E-state index is 11.8. The van der Waals surface area contributed by atoms with Crippen LogP contribution >= 0.6 is 0 Å². The van der Waals surface area contributed by atoms with E-state index >= 15 is 0 Å². The molecule has 0 saturated carbocycles. The molecule has 0 aliphatic carbocycles. The van der Waals surface area contributed by atoms with E-state index in [0.717, 1.165) is 12.1 Å². The molecule has 98 valence electrons. The molecule has 1 saturated heterocycles. The quantitative estimate of drug-likeness (QED) is 0.763. The molecule has 1 atom stereocenters. The summed E-state index contributed by atoms with van der Waals surface area (Å²) in [7, 11) is 1.64. The molecule has 0 bridgehead atoms. The Bertz CT molecular complexity index is 407. The number of nitrogens with zero attached hydrogens (tertiary/aromatic N) is 2. The number of ether oxygens (including phenoxy) is 1. The van der Waals surface area contributed by atoms with E-state index in [0.29, 0.717) is 25.6 Å². The maximum Gasteiger partial charge on any atom is 0.239 e. The highest BCUT2D eigenvalue weighted by molar-refractivity contribution is 5.81. The van der Waals surface area contributed by atoms with Crippen molar-refractivity contribution in [3.05, 3.63) is 23.9 Å². The van der Waals surface area contributed by atoms with E-state index in [-0.39, 0.29) is 11.9 Å². The van der Waals surface area contributed by atoms with Gasteiger partial charge in [0, 0.05) is 26.3 Å². The van der Waals surface area contributed by atoms with E-state index in [9.17, 15) is 4.79 Å². The highest BCUT2D eigenvalue weighted by Crippen LogP contribution is 2.12. The van der Waals surface area contributed by atoms with E-state index < -0.39 is 0 Å². The van der Waals surface area contributed by atoms with Crippen LogP contribution in [0.2, 0.25) is 0 Å². The molecule has 0 radical (unpaired) electrons. The molecule has 2 heterocycles. The minimum Gasteiger partial charge on any atom is -0.384 e. The predicted octanol–water partition coefficient (Wildman–Crippen LogP) is -0.389.